The molecule has 0 aliphatic heterocycles. The van der Waals surface area contributed by atoms with Crippen LogP contribution >= 0.6 is 0 Å². The minimum Gasteiger partial charge on any atom is -0.310 e. The lowest BCUT2D eigenvalue weighted by Crippen LogP contribution is -2.28. The van der Waals surface area contributed by atoms with Gasteiger partial charge < -0.3 is 4.90 Å². The van der Waals surface area contributed by atoms with E-state index in [4.69, 9.17) is 0 Å². The summed E-state index contributed by atoms with van der Waals surface area (Å²) in [6, 6.07) is 74.0. The summed E-state index contributed by atoms with van der Waals surface area (Å²) in [7, 11) is 0. The molecule has 0 atom stereocenters. The Balaban J connectivity index is 1.24. The fourth-order valence-electron chi connectivity index (χ4n) is 9.31. The van der Waals surface area contributed by atoms with Crippen LogP contribution in [0.2, 0.25) is 0 Å². The first-order chi connectivity index (χ1) is 26.0. The number of hydrogen-bond donors (Lipinski definition) is 0. The van der Waals surface area contributed by atoms with Crippen LogP contribution in [0.15, 0.2) is 200 Å². The molecule has 8 aromatic carbocycles. The number of rotatable bonds is 6. The standard InChI is InChI=1S/C52H39N/c1-51(2)47-27-14-12-25-43(47)45-31-29-41(34-49(45)51)53(40-24-16-19-37(33-40)36-17-6-3-7-18-36)42-30-32-46-44-26-13-15-28-48(44)52(50(46)35-42,38-20-8-4-9-21-38)39-22-10-5-11-23-39/h3-35H,1-2H3. The van der Waals surface area contributed by atoms with Crippen LogP contribution in [0.3, 0.4) is 0 Å². The first-order valence-corrected chi connectivity index (χ1v) is 18.6. The van der Waals surface area contributed by atoms with E-state index in [-0.39, 0.29) is 5.41 Å². The highest BCUT2D eigenvalue weighted by Crippen LogP contribution is 2.57. The van der Waals surface area contributed by atoms with Crippen molar-refractivity contribution in [1.82, 2.24) is 0 Å². The molecule has 0 spiro atoms. The van der Waals surface area contributed by atoms with Crippen molar-refractivity contribution in [1.29, 1.82) is 0 Å². The molecule has 1 heteroatoms. The predicted molar refractivity (Wildman–Crippen MR) is 221 cm³/mol. The summed E-state index contributed by atoms with van der Waals surface area (Å²) in [6.45, 7) is 4.73. The Morgan fingerprint density at radius 2 is 0.774 bits per heavy atom. The average molecular weight is 678 g/mol. The van der Waals surface area contributed by atoms with E-state index in [0.29, 0.717) is 0 Å². The molecular weight excluding hydrogens is 639 g/mol. The van der Waals surface area contributed by atoms with Gasteiger partial charge in [-0.15, -0.1) is 0 Å². The van der Waals surface area contributed by atoms with Crippen LogP contribution < -0.4 is 4.90 Å². The fourth-order valence-corrected chi connectivity index (χ4v) is 9.31. The first kappa shape index (κ1) is 31.3. The van der Waals surface area contributed by atoms with Gasteiger partial charge in [0, 0.05) is 22.5 Å². The quantitative estimate of drug-likeness (QED) is 0.169. The third-order valence-corrected chi connectivity index (χ3v) is 11.7. The summed E-state index contributed by atoms with van der Waals surface area (Å²) in [5, 5.41) is 0. The van der Waals surface area contributed by atoms with Gasteiger partial charge in [0.15, 0.2) is 0 Å². The minimum absolute atomic E-state index is 0.116. The van der Waals surface area contributed by atoms with Crippen LogP contribution in [0.5, 0.6) is 0 Å². The van der Waals surface area contributed by atoms with Gasteiger partial charge in [-0.3, -0.25) is 0 Å². The lowest BCUT2D eigenvalue weighted by atomic mass is 9.67. The van der Waals surface area contributed by atoms with E-state index in [2.05, 4.69) is 219 Å². The molecule has 0 radical (unpaired) electrons. The summed E-state index contributed by atoms with van der Waals surface area (Å²) in [6.07, 6.45) is 0. The fraction of sp³-hybridized carbons (Fsp3) is 0.0769. The summed E-state index contributed by atoms with van der Waals surface area (Å²) >= 11 is 0. The lowest BCUT2D eigenvalue weighted by Gasteiger charge is -2.35. The molecule has 2 aliphatic rings. The Morgan fingerprint density at radius 3 is 1.42 bits per heavy atom. The molecule has 0 fully saturated rings. The maximum absolute atomic E-state index is 2.47. The molecule has 1 nitrogen and oxygen atoms in total. The van der Waals surface area contributed by atoms with Gasteiger partial charge >= 0.3 is 0 Å². The molecule has 53 heavy (non-hydrogen) atoms. The average Bonchev–Trinajstić information content (AvgIpc) is 3.64. The lowest BCUT2D eigenvalue weighted by molar-refractivity contribution is 0.660. The molecule has 0 amide bonds. The van der Waals surface area contributed by atoms with Gasteiger partial charge in [0.2, 0.25) is 0 Å². The van der Waals surface area contributed by atoms with Crippen molar-refractivity contribution < 1.29 is 0 Å². The summed E-state index contributed by atoms with van der Waals surface area (Å²) in [5.74, 6) is 0. The normalized spacial score (nSPS) is 14.2. The van der Waals surface area contributed by atoms with Gasteiger partial charge in [-0.2, -0.15) is 0 Å². The SMILES string of the molecule is CC1(C)c2ccccc2-c2ccc(N(c3cccc(-c4ccccc4)c3)c3ccc4c(c3)C(c3ccccc3)(c3ccccc3)c3ccccc3-4)cc21. The van der Waals surface area contributed by atoms with Gasteiger partial charge in [-0.25, -0.2) is 0 Å². The third kappa shape index (κ3) is 4.70. The van der Waals surface area contributed by atoms with E-state index in [1.54, 1.807) is 0 Å². The van der Waals surface area contributed by atoms with Crippen LogP contribution in [0.25, 0.3) is 33.4 Å². The number of nitrogens with zero attached hydrogens (tertiary/aromatic N) is 1. The van der Waals surface area contributed by atoms with Crippen molar-refractivity contribution in [3.05, 3.63) is 234 Å². The predicted octanol–water partition coefficient (Wildman–Crippen LogP) is 13.5. The van der Waals surface area contributed by atoms with Crippen molar-refractivity contribution in [2.75, 3.05) is 4.90 Å². The molecule has 0 unspecified atom stereocenters. The van der Waals surface area contributed by atoms with Gasteiger partial charge in [-0.1, -0.05) is 178 Å². The van der Waals surface area contributed by atoms with Crippen molar-refractivity contribution in [3.8, 4) is 33.4 Å². The Kier molecular flexibility index (Phi) is 7.13. The highest BCUT2D eigenvalue weighted by molar-refractivity contribution is 5.91. The second kappa shape index (κ2) is 12.1. The number of benzene rings is 8. The van der Waals surface area contributed by atoms with Crippen LogP contribution in [-0.4, -0.2) is 0 Å². The second-order valence-corrected chi connectivity index (χ2v) is 14.9. The summed E-state index contributed by atoms with van der Waals surface area (Å²) in [4.78, 5) is 2.47. The molecule has 8 aromatic rings. The van der Waals surface area contributed by atoms with Crippen LogP contribution in [0, 0.1) is 0 Å². The van der Waals surface area contributed by atoms with Gasteiger partial charge in [-0.05, 0) is 103 Å². The van der Waals surface area contributed by atoms with E-state index >= 15 is 0 Å². The minimum atomic E-state index is -0.483. The molecular formula is C52H39N. The number of fused-ring (bicyclic) bond motifs is 6. The van der Waals surface area contributed by atoms with E-state index < -0.39 is 5.41 Å². The Bertz CT molecular complexity index is 2600. The highest BCUT2D eigenvalue weighted by atomic mass is 15.1. The third-order valence-electron chi connectivity index (χ3n) is 11.7. The van der Waals surface area contributed by atoms with Crippen molar-refractivity contribution in [2.24, 2.45) is 0 Å². The molecule has 0 N–H and O–H groups in total. The van der Waals surface area contributed by atoms with Gasteiger partial charge in [0.25, 0.3) is 0 Å². The van der Waals surface area contributed by atoms with Gasteiger partial charge in [0.1, 0.15) is 0 Å². The number of hydrogen-bond acceptors (Lipinski definition) is 1. The zero-order valence-electron chi connectivity index (χ0n) is 30.0. The van der Waals surface area contributed by atoms with E-state index in [1.165, 1.54) is 66.8 Å². The molecule has 252 valence electrons. The van der Waals surface area contributed by atoms with Gasteiger partial charge in [0.05, 0.1) is 5.41 Å². The smallest absolute Gasteiger partial charge is 0.0714 e. The van der Waals surface area contributed by atoms with Crippen molar-refractivity contribution in [3.63, 3.8) is 0 Å². The molecule has 2 aliphatic carbocycles. The topological polar surface area (TPSA) is 3.24 Å². The zero-order chi connectivity index (χ0) is 35.6. The molecule has 0 saturated heterocycles. The molecule has 10 rings (SSSR count). The second-order valence-electron chi connectivity index (χ2n) is 14.9. The Morgan fingerprint density at radius 1 is 0.321 bits per heavy atom. The van der Waals surface area contributed by atoms with Crippen LogP contribution in [0.1, 0.15) is 47.2 Å². The monoisotopic (exact) mass is 677 g/mol. The van der Waals surface area contributed by atoms with Crippen LogP contribution in [-0.2, 0) is 10.8 Å². The van der Waals surface area contributed by atoms with E-state index in [1.807, 2.05) is 0 Å². The van der Waals surface area contributed by atoms with Crippen molar-refractivity contribution in [2.45, 2.75) is 24.7 Å². The van der Waals surface area contributed by atoms with E-state index in [9.17, 15) is 0 Å². The van der Waals surface area contributed by atoms with E-state index in [0.717, 1.165) is 17.1 Å². The Labute approximate surface area is 312 Å². The molecule has 0 aromatic heterocycles. The molecule has 0 bridgehead atoms. The largest absolute Gasteiger partial charge is 0.310 e. The summed E-state index contributed by atoms with van der Waals surface area (Å²) < 4.78 is 0. The van der Waals surface area contributed by atoms with Crippen LogP contribution in [0.4, 0.5) is 17.1 Å². The number of anilines is 3. The maximum atomic E-state index is 2.47. The zero-order valence-corrected chi connectivity index (χ0v) is 30.0. The Hall–Kier alpha value is -6.44. The highest BCUT2D eigenvalue weighted by Gasteiger charge is 2.46. The molecule has 0 saturated carbocycles. The first-order valence-electron chi connectivity index (χ1n) is 18.6. The summed E-state index contributed by atoms with van der Waals surface area (Å²) in [5.41, 5.74) is 18.3. The van der Waals surface area contributed by atoms with Crippen molar-refractivity contribution >= 4 is 17.1 Å². The maximum Gasteiger partial charge on any atom is 0.0714 e. The molecule has 0 heterocycles.